The van der Waals surface area contributed by atoms with Crippen LogP contribution >= 0.6 is 69.6 Å². The topological polar surface area (TPSA) is 46.2 Å². The SMILES string of the molecule is O=C(NC(=O)C(Cl)(Cl)Cl)C(Cl)(Cl)Cl. The average Bonchev–Trinajstić information content (AvgIpc) is 1.82. The Morgan fingerprint density at radius 3 is 1.15 bits per heavy atom. The number of carbonyl (C=O) groups is 2. The summed E-state index contributed by atoms with van der Waals surface area (Å²) in [6, 6.07) is 0. The summed E-state index contributed by atoms with van der Waals surface area (Å²) in [5.74, 6) is -2.37. The van der Waals surface area contributed by atoms with Crippen LogP contribution in [0.15, 0.2) is 0 Å². The fourth-order valence-electron chi connectivity index (χ4n) is 0.245. The molecule has 0 bridgehead atoms. The van der Waals surface area contributed by atoms with Gasteiger partial charge in [-0.1, -0.05) is 69.6 Å². The minimum Gasteiger partial charge on any atom is -0.289 e. The van der Waals surface area contributed by atoms with Gasteiger partial charge in [-0.3, -0.25) is 14.9 Å². The van der Waals surface area contributed by atoms with Gasteiger partial charge in [-0.25, -0.2) is 0 Å². The molecule has 0 rings (SSSR count). The largest absolute Gasteiger partial charge is 0.289 e. The minimum absolute atomic E-state index is 1.19. The van der Waals surface area contributed by atoms with Crippen molar-refractivity contribution in [3.8, 4) is 0 Å². The third kappa shape index (κ3) is 5.35. The lowest BCUT2D eigenvalue weighted by Gasteiger charge is -2.13. The predicted octanol–water partition coefficient (Wildman–Crippen LogP) is 2.37. The molecule has 13 heavy (non-hydrogen) atoms. The molecule has 0 aliphatic carbocycles. The van der Waals surface area contributed by atoms with E-state index in [0.717, 1.165) is 0 Å². The molecule has 0 saturated carbocycles. The van der Waals surface area contributed by atoms with Crippen molar-refractivity contribution in [2.24, 2.45) is 0 Å². The molecule has 0 aliphatic heterocycles. The molecule has 3 nitrogen and oxygen atoms in total. The molecule has 0 aromatic carbocycles. The smallest absolute Gasteiger partial charge is 0.278 e. The molecule has 76 valence electrons. The van der Waals surface area contributed by atoms with E-state index in [1.165, 1.54) is 0 Å². The number of amides is 2. The second kappa shape index (κ2) is 4.60. The van der Waals surface area contributed by atoms with Crippen LogP contribution in [0, 0.1) is 0 Å². The Labute approximate surface area is 104 Å². The van der Waals surface area contributed by atoms with Gasteiger partial charge >= 0.3 is 0 Å². The standard InChI is InChI=1S/C4HCl6NO2/c5-3(6,7)1(12)11-2(13)4(8,9)10/h(H,11,12,13). The number of alkyl halides is 6. The molecule has 0 fully saturated rings. The number of rotatable bonds is 0. The minimum atomic E-state index is -2.27. The van der Waals surface area contributed by atoms with Crippen molar-refractivity contribution in [2.75, 3.05) is 0 Å². The second-order valence-electron chi connectivity index (χ2n) is 1.78. The summed E-state index contributed by atoms with van der Waals surface area (Å²) < 4.78 is -4.54. The van der Waals surface area contributed by atoms with Crippen LogP contribution in [0.4, 0.5) is 0 Å². The number of carbonyl (C=O) groups excluding carboxylic acids is 2. The van der Waals surface area contributed by atoms with E-state index in [2.05, 4.69) is 0 Å². The molecule has 9 heteroatoms. The number of imide groups is 1. The van der Waals surface area contributed by atoms with Crippen LogP contribution in [0.1, 0.15) is 0 Å². The zero-order valence-electron chi connectivity index (χ0n) is 5.58. The van der Waals surface area contributed by atoms with Crippen LogP contribution in [-0.2, 0) is 9.59 Å². The first kappa shape index (κ1) is 13.9. The van der Waals surface area contributed by atoms with E-state index >= 15 is 0 Å². The van der Waals surface area contributed by atoms with Gasteiger partial charge in [0.15, 0.2) is 0 Å². The highest BCUT2D eigenvalue weighted by Gasteiger charge is 2.38. The van der Waals surface area contributed by atoms with E-state index in [9.17, 15) is 9.59 Å². The van der Waals surface area contributed by atoms with Crippen molar-refractivity contribution in [1.29, 1.82) is 0 Å². The Bertz CT molecular complexity index is 204. The highest BCUT2D eigenvalue weighted by Crippen LogP contribution is 2.29. The summed E-state index contributed by atoms with van der Waals surface area (Å²) in [6.07, 6.45) is 0. The summed E-state index contributed by atoms with van der Waals surface area (Å²) in [7, 11) is 0. The molecular formula is C4HCl6NO2. The summed E-state index contributed by atoms with van der Waals surface area (Å²) >= 11 is 30.7. The summed E-state index contributed by atoms with van der Waals surface area (Å²) in [6.45, 7) is 0. The zero-order valence-corrected chi connectivity index (χ0v) is 10.1. The Hall–Kier alpha value is 0.880. The van der Waals surface area contributed by atoms with Crippen molar-refractivity contribution >= 4 is 81.4 Å². The molecule has 0 atom stereocenters. The van der Waals surface area contributed by atoms with Crippen molar-refractivity contribution in [2.45, 2.75) is 7.59 Å². The summed E-state index contributed by atoms with van der Waals surface area (Å²) in [4.78, 5) is 21.6. The normalized spacial score (nSPS) is 12.5. The highest BCUT2D eigenvalue weighted by atomic mass is 35.6. The van der Waals surface area contributed by atoms with Crippen molar-refractivity contribution in [3.63, 3.8) is 0 Å². The van der Waals surface area contributed by atoms with Crippen molar-refractivity contribution in [3.05, 3.63) is 0 Å². The number of halogens is 6. The van der Waals surface area contributed by atoms with Crippen LogP contribution in [0.5, 0.6) is 0 Å². The molecule has 0 radical (unpaired) electrons. The molecule has 0 spiro atoms. The van der Waals surface area contributed by atoms with E-state index in [0.29, 0.717) is 0 Å². The van der Waals surface area contributed by atoms with Gasteiger partial charge in [-0.05, 0) is 0 Å². The molecule has 0 aliphatic rings. The third-order valence-electron chi connectivity index (χ3n) is 0.742. The zero-order chi connectivity index (χ0) is 10.9. The Balaban J connectivity index is 4.34. The van der Waals surface area contributed by atoms with Crippen molar-refractivity contribution in [1.82, 2.24) is 5.32 Å². The van der Waals surface area contributed by atoms with Gasteiger partial charge in [0.05, 0.1) is 0 Å². The van der Waals surface area contributed by atoms with E-state index in [-0.39, 0.29) is 0 Å². The monoisotopic (exact) mass is 305 g/mol. The molecule has 0 saturated heterocycles. The molecule has 1 N–H and O–H groups in total. The molecule has 0 unspecified atom stereocenters. The van der Waals surface area contributed by atoms with Crippen LogP contribution in [0.25, 0.3) is 0 Å². The predicted molar refractivity (Wildman–Crippen MR) is 53.7 cm³/mol. The number of nitrogens with one attached hydrogen (secondary N) is 1. The lowest BCUT2D eigenvalue weighted by Crippen LogP contribution is -2.44. The van der Waals surface area contributed by atoms with Gasteiger partial charge in [0, 0.05) is 0 Å². The first-order valence-corrected chi connectivity index (χ1v) is 4.81. The lowest BCUT2D eigenvalue weighted by molar-refractivity contribution is -0.129. The fraction of sp³-hybridized carbons (Fsp3) is 0.500. The second-order valence-corrected chi connectivity index (χ2v) is 6.34. The quantitative estimate of drug-likeness (QED) is 0.698. The van der Waals surface area contributed by atoms with Crippen LogP contribution in [0.3, 0.4) is 0 Å². The maximum absolute atomic E-state index is 10.8. The van der Waals surface area contributed by atoms with Gasteiger partial charge in [0.2, 0.25) is 0 Å². The molecule has 0 aromatic heterocycles. The Kier molecular flexibility index (Phi) is 4.91. The van der Waals surface area contributed by atoms with Crippen LogP contribution < -0.4 is 5.32 Å². The summed E-state index contributed by atoms with van der Waals surface area (Å²) in [5, 5.41) is 1.59. The van der Waals surface area contributed by atoms with Crippen LogP contribution in [-0.4, -0.2) is 19.4 Å². The Morgan fingerprint density at radius 1 is 0.769 bits per heavy atom. The van der Waals surface area contributed by atoms with E-state index in [1.54, 1.807) is 5.32 Å². The lowest BCUT2D eigenvalue weighted by atomic mass is 10.6. The van der Waals surface area contributed by atoms with Gasteiger partial charge in [0.25, 0.3) is 19.4 Å². The molecule has 2 amide bonds. The molecular weight excluding hydrogens is 307 g/mol. The highest BCUT2D eigenvalue weighted by molar-refractivity contribution is 6.78. The number of hydrogen-bond acceptors (Lipinski definition) is 2. The summed E-state index contributed by atoms with van der Waals surface area (Å²) in [5.41, 5.74) is 0. The third-order valence-corrected chi connectivity index (χ3v) is 1.77. The van der Waals surface area contributed by atoms with E-state index < -0.39 is 19.4 Å². The first-order valence-electron chi connectivity index (χ1n) is 2.54. The van der Waals surface area contributed by atoms with E-state index in [4.69, 9.17) is 69.6 Å². The maximum atomic E-state index is 10.8. The molecule has 0 heterocycles. The Morgan fingerprint density at radius 2 is 1.00 bits per heavy atom. The number of hydrogen-bond donors (Lipinski definition) is 1. The average molecular weight is 308 g/mol. The first-order chi connectivity index (χ1) is 5.55. The maximum Gasteiger partial charge on any atom is 0.278 e. The van der Waals surface area contributed by atoms with Crippen LogP contribution in [0.2, 0.25) is 0 Å². The molecule has 0 aromatic rings. The van der Waals surface area contributed by atoms with Crippen molar-refractivity contribution < 1.29 is 9.59 Å². The van der Waals surface area contributed by atoms with Gasteiger partial charge in [-0.2, -0.15) is 0 Å². The van der Waals surface area contributed by atoms with E-state index in [1.807, 2.05) is 0 Å². The van der Waals surface area contributed by atoms with Gasteiger partial charge < -0.3 is 0 Å². The fourth-order valence-corrected chi connectivity index (χ4v) is 0.528. The van der Waals surface area contributed by atoms with Gasteiger partial charge in [0.1, 0.15) is 0 Å². The van der Waals surface area contributed by atoms with Gasteiger partial charge in [-0.15, -0.1) is 0 Å².